The van der Waals surface area contributed by atoms with E-state index in [0.717, 1.165) is 18.4 Å². The Morgan fingerprint density at radius 3 is 2.52 bits per heavy atom. The number of nitrogens with zero attached hydrogens (tertiary/aromatic N) is 1. The summed E-state index contributed by atoms with van der Waals surface area (Å²) in [6.45, 7) is 7.59. The van der Waals surface area contributed by atoms with Crippen molar-refractivity contribution in [2.45, 2.75) is 46.1 Å². The molecule has 1 N–H and O–H groups in total. The van der Waals surface area contributed by atoms with E-state index in [4.69, 9.17) is 4.74 Å². The van der Waals surface area contributed by atoms with Crippen LogP contribution in [0, 0.1) is 13.8 Å². The molecular formula is C18H26N2O3. The normalized spacial score (nSPS) is 15.3. The molecule has 1 aromatic carbocycles. The lowest BCUT2D eigenvalue weighted by molar-refractivity contribution is -0.121. The highest BCUT2D eigenvalue weighted by Gasteiger charge is 2.24. The number of benzene rings is 1. The maximum atomic E-state index is 12.2. The van der Waals surface area contributed by atoms with Crippen molar-refractivity contribution in [1.82, 2.24) is 10.2 Å². The Balaban J connectivity index is 1.78. The summed E-state index contributed by atoms with van der Waals surface area (Å²) in [7, 11) is 0. The Bertz CT molecular complexity index is 563. The fourth-order valence-corrected chi connectivity index (χ4v) is 2.80. The van der Waals surface area contributed by atoms with Crippen molar-refractivity contribution >= 4 is 12.0 Å². The number of carbonyl (C=O) groups excluding carboxylic acids is 2. The van der Waals surface area contributed by atoms with Crippen molar-refractivity contribution in [3.8, 4) is 0 Å². The van der Waals surface area contributed by atoms with Gasteiger partial charge in [-0.2, -0.15) is 0 Å². The van der Waals surface area contributed by atoms with Gasteiger partial charge in [-0.3, -0.25) is 4.79 Å². The van der Waals surface area contributed by atoms with Crippen molar-refractivity contribution in [2.24, 2.45) is 0 Å². The van der Waals surface area contributed by atoms with E-state index in [1.807, 2.05) is 6.07 Å². The average molecular weight is 318 g/mol. The zero-order valence-electron chi connectivity index (χ0n) is 14.2. The van der Waals surface area contributed by atoms with E-state index in [0.29, 0.717) is 26.1 Å². The number of ether oxygens (including phenoxy) is 1. The number of aryl methyl sites for hydroxylation is 2. The van der Waals surface area contributed by atoms with Gasteiger partial charge in [-0.15, -0.1) is 0 Å². The summed E-state index contributed by atoms with van der Waals surface area (Å²) in [5.74, 6) is 0.0443. The first-order valence-corrected chi connectivity index (χ1v) is 8.26. The molecule has 23 heavy (non-hydrogen) atoms. The van der Waals surface area contributed by atoms with Crippen LogP contribution < -0.4 is 5.32 Å². The molecular weight excluding hydrogens is 292 g/mol. The molecule has 5 heteroatoms. The van der Waals surface area contributed by atoms with Crippen LogP contribution in [0.1, 0.15) is 36.5 Å². The summed E-state index contributed by atoms with van der Waals surface area (Å²) >= 11 is 0. The van der Waals surface area contributed by atoms with E-state index in [1.165, 1.54) is 11.1 Å². The molecule has 0 saturated carbocycles. The molecule has 1 heterocycles. The molecule has 1 aliphatic heterocycles. The van der Waals surface area contributed by atoms with Gasteiger partial charge >= 0.3 is 6.09 Å². The second kappa shape index (κ2) is 7.99. The van der Waals surface area contributed by atoms with Crippen molar-refractivity contribution in [3.63, 3.8) is 0 Å². The summed E-state index contributed by atoms with van der Waals surface area (Å²) in [5, 5.41) is 3.08. The summed E-state index contributed by atoms with van der Waals surface area (Å²) in [4.78, 5) is 25.5. The van der Waals surface area contributed by atoms with Gasteiger partial charge in [-0.05, 0) is 50.3 Å². The zero-order chi connectivity index (χ0) is 16.8. The quantitative estimate of drug-likeness (QED) is 0.928. The zero-order valence-corrected chi connectivity index (χ0v) is 14.2. The Hall–Kier alpha value is -2.04. The monoisotopic (exact) mass is 318 g/mol. The van der Waals surface area contributed by atoms with E-state index >= 15 is 0 Å². The number of hydrogen-bond acceptors (Lipinski definition) is 3. The van der Waals surface area contributed by atoms with Gasteiger partial charge < -0.3 is 15.0 Å². The molecule has 0 spiro atoms. The van der Waals surface area contributed by atoms with E-state index in [2.05, 4.69) is 31.3 Å². The molecule has 2 amide bonds. The van der Waals surface area contributed by atoms with Gasteiger partial charge in [0.05, 0.1) is 13.0 Å². The van der Waals surface area contributed by atoms with Crippen LogP contribution in [0.25, 0.3) is 0 Å². The van der Waals surface area contributed by atoms with Crippen LogP contribution in [0.4, 0.5) is 4.79 Å². The minimum absolute atomic E-state index is 0.0443. The third kappa shape index (κ3) is 4.98. The third-order valence-electron chi connectivity index (χ3n) is 4.32. The molecule has 2 rings (SSSR count). The predicted molar refractivity (Wildman–Crippen MR) is 89.4 cm³/mol. The van der Waals surface area contributed by atoms with Crippen LogP contribution >= 0.6 is 0 Å². The Kier molecular flexibility index (Phi) is 6.02. The molecule has 0 atom stereocenters. The fraction of sp³-hybridized carbons (Fsp3) is 0.556. The number of piperidine rings is 1. The van der Waals surface area contributed by atoms with Crippen molar-refractivity contribution in [2.75, 3.05) is 19.7 Å². The van der Waals surface area contributed by atoms with Crippen LogP contribution in [-0.4, -0.2) is 42.6 Å². The first-order chi connectivity index (χ1) is 11.0. The molecule has 5 nitrogen and oxygen atoms in total. The smallest absolute Gasteiger partial charge is 0.409 e. The maximum Gasteiger partial charge on any atom is 0.409 e. The number of nitrogens with one attached hydrogen (secondary N) is 1. The van der Waals surface area contributed by atoms with Crippen LogP contribution in [0.3, 0.4) is 0 Å². The average Bonchev–Trinajstić information content (AvgIpc) is 2.52. The van der Waals surface area contributed by atoms with E-state index in [1.54, 1.807) is 11.8 Å². The SMILES string of the molecule is CCOC(=O)N1CCC(NC(=O)Cc2ccc(C)c(C)c2)CC1. The Labute approximate surface area is 138 Å². The van der Waals surface area contributed by atoms with Crippen LogP contribution in [-0.2, 0) is 16.0 Å². The molecule has 0 bridgehead atoms. The molecule has 0 aliphatic carbocycles. The highest BCUT2D eigenvalue weighted by atomic mass is 16.6. The predicted octanol–water partition coefficient (Wildman–Crippen LogP) is 2.58. The Morgan fingerprint density at radius 1 is 1.22 bits per heavy atom. The van der Waals surface area contributed by atoms with E-state index in [-0.39, 0.29) is 18.0 Å². The topological polar surface area (TPSA) is 58.6 Å². The largest absolute Gasteiger partial charge is 0.450 e. The van der Waals surface area contributed by atoms with Crippen molar-refractivity contribution in [3.05, 3.63) is 34.9 Å². The highest BCUT2D eigenvalue weighted by molar-refractivity contribution is 5.79. The van der Waals surface area contributed by atoms with Crippen LogP contribution in [0.15, 0.2) is 18.2 Å². The minimum atomic E-state index is -0.257. The molecule has 1 saturated heterocycles. The molecule has 1 fully saturated rings. The number of hydrogen-bond donors (Lipinski definition) is 1. The van der Waals surface area contributed by atoms with Gasteiger partial charge in [0.15, 0.2) is 0 Å². The second-order valence-electron chi connectivity index (χ2n) is 6.12. The summed E-state index contributed by atoms with van der Waals surface area (Å²) in [5.41, 5.74) is 3.48. The van der Waals surface area contributed by atoms with Gasteiger partial charge in [-0.25, -0.2) is 4.79 Å². The molecule has 0 radical (unpaired) electrons. The maximum absolute atomic E-state index is 12.2. The van der Waals surface area contributed by atoms with Crippen molar-refractivity contribution in [1.29, 1.82) is 0 Å². The lowest BCUT2D eigenvalue weighted by Gasteiger charge is -2.31. The van der Waals surface area contributed by atoms with E-state index < -0.39 is 0 Å². The summed E-state index contributed by atoms with van der Waals surface area (Å²) in [6.07, 6.45) is 1.70. The summed E-state index contributed by atoms with van der Waals surface area (Å²) < 4.78 is 5.00. The fourth-order valence-electron chi connectivity index (χ4n) is 2.80. The highest BCUT2D eigenvalue weighted by Crippen LogP contribution is 2.13. The molecule has 0 unspecified atom stereocenters. The van der Waals surface area contributed by atoms with Gasteiger partial charge in [0.1, 0.15) is 0 Å². The first kappa shape index (κ1) is 17.3. The van der Waals surface area contributed by atoms with Gasteiger partial charge in [0, 0.05) is 19.1 Å². The number of carbonyl (C=O) groups is 2. The molecule has 0 aromatic heterocycles. The van der Waals surface area contributed by atoms with Gasteiger partial charge in [-0.1, -0.05) is 18.2 Å². The first-order valence-electron chi connectivity index (χ1n) is 8.26. The number of likely N-dealkylation sites (tertiary alicyclic amines) is 1. The third-order valence-corrected chi connectivity index (χ3v) is 4.32. The molecule has 1 aromatic rings. The lowest BCUT2D eigenvalue weighted by atomic mass is 10.0. The number of rotatable bonds is 4. The lowest BCUT2D eigenvalue weighted by Crippen LogP contribution is -2.47. The standard InChI is InChI=1S/C18H26N2O3/c1-4-23-18(22)20-9-7-16(8-10-20)19-17(21)12-15-6-5-13(2)14(3)11-15/h5-6,11,16H,4,7-10,12H2,1-3H3,(H,19,21). The van der Waals surface area contributed by atoms with Gasteiger partial charge in [0.2, 0.25) is 5.91 Å². The molecule has 1 aliphatic rings. The van der Waals surface area contributed by atoms with E-state index in [9.17, 15) is 9.59 Å². The Morgan fingerprint density at radius 2 is 1.91 bits per heavy atom. The minimum Gasteiger partial charge on any atom is -0.450 e. The summed E-state index contributed by atoms with van der Waals surface area (Å²) in [6, 6.07) is 6.26. The molecule has 126 valence electrons. The van der Waals surface area contributed by atoms with Crippen molar-refractivity contribution < 1.29 is 14.3 Å². The van der Waals surface area contributed by atoms with Crippen LogP contribution in [0.2, 0.25) is 0 Å². The number of amides is 2. The van der Waals surface area contributed by atoms with Gasteiger partial charge in [0.25, 0.3) is 0 Å². The van der Waals surface area contributed by atoms with Crippen LogP contribution in [0.5, 0.6) is 0 Å². The second-order valence-corrected chi connectivity index (χ2v) is 6.12.